The third-order valence-corrected chi connectivity index (χ3v) is 4.37. The number of halogens is 1. The van der Waals surface area contributed by atoms with E-state index in [2.05, 4.69) is 10.1 Å². The van der Waals surface area contributed by atoms with E-state index >= 15 is 0 Å². The maximum atomic E-state index is 11.3. The molecule has 0 atom stereocenters. The molecule has 1 aromatic heterocycles. The Morgan fingerprint density at radius 3 is 2.42 bits per heavy atom. The van der Waals surface area contributed by atoms with Crippen LogP contribution in [-0.4, -0.2) is 30.9 Å². The zero-order valence-corrected chi connectivity index (χ0v) is 13.8. The Kier molecular flexibility index (Phi) is 4.84. The summed E-state index contributed by atoms with van der Waals surface area (Å²) < 4.78 is 0. The monoisotopic (exact) mass is 351 g/mol. The van der Waals surface area contributed by atoms with Gasteiger partial charge in [0.25, 0.3) is 5.49 Å². The van der Waals surface area contributed by atoms with E-state index in [1.165, 1.54) is 0 Å². The predicted octanol–water partition coefficient (Wildman–Crippen LogP) is 3.10. The van der Waals surface area contributed by atoms with Crippen molar-refractivity contribution in [2.24, 2.45) is 4.99 Å². The Hall–Kier alpha value is -2.35. The molecule has 0 amide bonds. The van der Waals surface area contributed by atoms with Crippen LogP contribution in [0.25, 0.3) is 5.69 Å². The average Bonchev–Trinajstić information content (AvgIpc) is 2.74. The number of hydrogen-bond acceptors (Lipinski definition) is 5. The van der Waals surface area contributed by atoms with Gasteiger partial charge in [0, 0.05) is 5.02 Å². The molecular weight excluding hydrogens is 334 g/mol. The smallest absolute Gasteiger partial charge is 0.409 e. The molecule has 9 heteroatoms. The van der Waals surface area contributed by atoms with Crippen molar-refractivity contribution in [1.29, 1.82) is 0 Å². The third kappa shape index (κ3) is 3.43. The van der Waals surface area contributed by atoms with E-state index in [9.17, 15) is 15.3 Å². The van der Waals surface area contributed by atoms with Gasteiger partial charge in [0.1, 0.15) is 5.69 Å². The topological polar surface area (TPSA) is 98.5 Å². The molecule has 24 heavy (non-hydrogen) atoms. The molecule has 0 saturated heterocycles. The lowest BCUT2D eigenvalue weighted by Crippen LogP contribution is -2.24. The number of aromatic nitrogens is 3. The van der Waals surface area contributed by atoms with Gasteiger partial charge < -0.3 is 15.3 Å². The van der Waals surface area contributed by atoms with Crippen LogP contribution in [0.4, 0.5) is 5.82 Å². The first kappa shape index (κ1) is 16.5. The molecule has 1 aliphatic rings. The van der Waals surface area contributed by atoms with Gasteiger partial charge >= 0.3 is 5.82 Å². The van der Waals surface area contributed by atoms with Crippen LogP contribution in [0.15, 0.2) is 29.3 Å². The SMILES string of the molecule is O=[N+]([O-])c1nn(-c2ccc(Cl)cc2)n(O)c1=NC1CCCCCC1. The second-order valence-electron chi connectivity index (χ2n) is 5.83. The van der Waals surface area contributed by atoms with Crippen molar-refractivity contribution in [2.75, 3.05) is 0 Å². The van der Waals surface area contributed by atoms with E-state index in [1.807, 2.05) is 0 Å². The van der Waals surface area contributed by atoms with E-state index in [-0.39, 0.29) is 11.5 Å². The van der Waals surface area contributed by atoms with Crippen LogP contribution in [0.1, 0.15) is 38.5 Å². The second-order valence-corrected chi connectivity index (χ2v) is 6.27. The van der Waals surface area contributed by atoms with E-state index in [1.54, 1.807) is 24.3 Å². The lowest BCUT2D eigenvalue weighted by atomic mass is 10.1. The average molecular weight is 352 g/mol. The number of benzene rings is 1. The molecule has 8 nitrogen and oxygen atoms in total. The highest BCUT2D eigenvalue weighted by Gasteiger charge is 2.25. The molecule has 0 radical (unpaired) electrons. The second kappa shape index (κ2) is 7.04. The summed E-state index contributed by atoms with van der Waals surface area (Å²) in [6.07, 6.45) is 6.11. The van der Waals surface area contributed by atoms with Crippen molar-refractivity contribution in [3.63, 3.8) is 0 Å². The molecule has 1 fully saturated rings. The Morgan fingerprint density at radius 2 is 1.83 bits per heavy atom. The van der Waals surface area contributed by atoms with Crippen LogP contribution in [0.2, 0.25) is 5.02 Å². The van der Waals surface area contributed by atoms with E-state index < -0.39 is 10.7 Å². The standard InChI is InChI=1S/C15H18ClN5O3/c16-11-7-9-13(10-8-11)19-18-15(21(23)24)14(20(19)22)17-12-5-3-1-2-4-6-12/h7-10,12,22H,1-6H2. The number of nitrogens with zero attached hydrogens (tertiary/aromatic N) is 5. The van der Waals surface area contributed by atoms with Gasteiger partial charge in [-0.25, -0.2) is 0 Å². The summed E-state index contributed by atoms with van der Waals surface area (Å²) in [5.74, 6) is -0.461. The normalized spacial score (nSPS) is 17.0. The molecule has 1 N–H and O–H groups in total. The van der Waals surface area contributed by atoms with Crippen LogP contribution in [0.5, 0.6) is 0 Å². The maximum Gasteiger partial charge on any atom is 0.438 e. The molecule has 0 bridgehead atoms. The minimum absolute atomic E-state index is 0.0348. The fourth-order valence-corrected chi connectivity index (χ4v) is 3.01. The molecule has 0 spiro atoms. The molecule has 0 aliphatic heterocycles. The summed E-state index contributed by atoms with van der Waals surface area (Å²) in [6.45, 7) is 0. The molecule has 1 heterocycles. The van der Waals surface area contributed by atoms with Crippen LogP contribution >= 0.6 is 11.6 Å². The van der Waals surface area contributed by atoms with Crippen molar-refractivity contribution in [3.8, 4) is 5.69 Å². The maximum absolute atomic E-state index is 11.3. The highest BCUT2D eigenvalue weighted by Crippen LogP contribution is 2.20. The van der Waals surface area contributed by atoms with E-state index in [0.717, 1.165) is 43.3 Å². The fourth-order valence-electron chi connectivity index (χ4n) is 2.88. The van der Waals surface area contributed by atoms with Crippen molar-refractivity contribution in [1.82, 2.24) is 14.7 Å². The largest absolute Gasteiger partial charge is 0.438 e. The predicted molar refractivity (Wildman–Crippen MR) is 87.5 cm³/mol. The molecule has 128 valence electrons. The molecule has 3 rings (SSSR count). The van der Waals surface area contributed by atoms with Crippen molar-refractivity contribution in [2.45, 2.75) is 44.6 Å². The number of rotatable bonds is 3. The molecule has 1 saturated carbocycles. The van der Waals surface area contributed by atoms with Crippen molar-refractivity contribution in [3.05, 3.63) is 44.9 Å². The Bertz CT molecular complexity index is 788. The molecule has 1 aromatic carbocycles. The van der Waals surface area contributed by atoms with Gasteiger partial charge in [-0.05, 0) is 46.8 Å². The van der Waals surface area contributed by atoms with Crippen molar-refractivity contribution >= 4 is 17.4 Å². The van der Waals surface area contributed by atoms with Gasteiger partial charge in [-0.2, -0.15) is 0 Å². The number of hydrogen-bond donors (Lipinski definition) is 1. The lowest BCUT2D eigenvalue weighted by molar-refractivity contribution is -0.391. The zero-order valence-electron chi connectivity index (χ0n) is 13.0. The fraction of sp³-hybridized carbons (Fsp3) is 0.467. The third-order valence-electron chi connectivity index (χ3n) is 4.12. The quantitative estimate of drug-likeness (QED) is 0.397. The summed E-state index contributed by atoms with van der Waals surface area (Å²) in [5.41, 5.74) is 0.328. The Labute approximate surface area is 143 Å². The van der Waals surface area contributed by atoms with Gasteiger partial charge in [-0.3, -0.25) is 4.99 Å². The minimum atomic E-state index is -0.630. The minimum Gasteiger partial charge on any atom is -0.409 e. The Morgan fingerprint density at radius 1 is 1.21 bits per heavy atom. The summed E-state index contributed by atoms with van der Waals surface area (Å²) in [7, 11) is 0. The van der Waals surface area contributed by atoms with Gasteiger partial charge in [-0.1, -0.05) is 42.1 Å². The highest BCUT2D eigenvalue weighted by molar-refractivity contribution is 6.30. The summed E-state index contributed by atoms with van der Waals surface area (Å²) in [6, 6.07) is 6.43. The number of nitro groups is 1. The van der Waals surface area contributed by atoms with Crippen LogP contribution in [0, 0.1) is 10.1 Å². The zero-order chi connectivity index (χ0) is 17.1. The van der Waals surface area contributed by atoms with Crippen LogP contribution in [0.3, 0.4) is 0 Å². The first-order valence-corrected chi connectivity index (χ1v) is 8.30. The summed E-state index contributed by atoms with van der Waals surface area (Å²) >= 11 is 5.84. The molecule has 1 aliphatic carbocycles. The summed E-state index contributed by atoms with van der Waals surface area (Å²) in [5, 5.41) is 26.1. The Balaban J connectivity index is 2.07. The lowest BCUT2D eigenvalue weighted by Gasteiger charge is -2.06. The molecule has 2 aromatic rings. The van der Waals surface area contributed by atoms with Gasteiger partial charge in [-0.15, -0.1) is 0 Å². The van der Waals surface area contributed by atoms with Crippen LogP contribution < -0.4 is 5.49 Å². The van der Waals surface area contributed by atoms with Gasteiger partial charge in [0.15, 0.2) is 0 Å². The van der Waals surface area contributed by atoms with Gasteiger partial charge in [0.05, 0.1) is 11.1 Å². The summed E-state index contributed by atoms with van der Waals surface area (Å²) in [4.78, 5) is 16.8. The molecular formula is C15H18ClN5O3. The van der Waals surface area contributed by atoms with Gasteiger partial charge in [0.2, 0.25) is 0 Å². The van der Waals surface area contributed by atoms with Crippen molar-refractivity contribution < 1.29 is 10.1 Å². The first-order valence-electron chi connectivity index (χ1n) is 7.92. The molecule has 0 unspecified atom stereocenters. The van der Waals surface area contributed by atoms with E-state index in [4.69, 9.17) is 11.6 Å². The highest BCUT2D eigenvalue weighted by atomic mass is 35.5. The van der Waals surface area contributed by atoms with E-state index in [0.29, 0.717) is 15.6 Å². The first-order chi connectivity index (χ1) is 11.6. The van der Waals surface area contributed by atoms with Crippen LogP contribution in [-0.2, 0) is 0 Å².